The van der Waals surface area contributed by atoms with Crippen molar-refractivity contribution in [2.75, 3.05) is 6.54 Å². The molecule has 2 heterocycles. The van der Waals surface area contributed by atoms with E-state index in [-0.39, 0.29) is 19.0 Å². The molecule has 0 radical (unpaired) electrons. The minimum Gasteiger partial charge on any atom is -0.211 e. The fourth-order valence-corrected chi connectivity index (χ4v) is 4.92. The Balaban J connectivity index is 1.49. The fraction of sp³-hybridized carbons (Fsp3) is 0.200. The predicted molar refractivity (Wildman–Crippen MR) is 111 cm³/mol. The van der Waals surface area contributed by atoms with Gasteiger partial charge in [-0.2, -0.15) is 18.2 Å². The van der Waals surface area contributed by atoms with Crippen molar-refractivity contribution < 1.29 is 26.0 Å². The van der Waals surface area contributed by atoms with Crippen LogP contribution in [0.3, 0.4) is 0 Å². The molecule has 4 aromatic rings. The number of alkyl halides is 3. The number of nitrogens with zero attached hydrogens (tertiary/aromatic N) is 3. The van der Waals surface area contributed by atoms with Crippen LogP contribution in [0.25, 0.3) is 16.3 Å². The molecule has 0 aliphatic heterocycles. The van der Waals surface area contributed by atoms with Gasteiger partial charge in [-0.1, -0.05) is 29.8 Å². The van der Waals surface area contributed by atoms with E-state index < -0.39 is 32.5 Å². The summed E-state index contributed by atoms with van der Waals surface area (Å²) in [6.45, 7) is 1.88. The van der Waals surface area contributed by atoms with Crippen molar-refractivity contribution in [2.45, 2.75) is 24.4 Å². The zero-order chi connectivity index (χ0) is 23.1. The normalized spacial score (nSPS) is 12.5. The van der Waals surface area contributed by atoms with Gasteiger partial charge in [0.25, 0.3) is 0 Å². The number of aryl methyl sites for hydroxylation is 1. The van der Waals surface area contributed by atoms with E-state index in [2.05, 4.69) is 14.8 Å². The number of aromatic nitrogens is 3. The van der Waals surface area contributed by atoms with Crippen molar-refractivity contribution in [3.63, 3.8) is 0 Å². The Labute approximate surface area is 184 Å². The van der Waals surface area contributed by atoms with Gasteiger partial charge in [0.2, 0.25) is 15.0 Å². The molecule has 0 atom stereocenters. The molecule has 0 fully saturated rings. The third-order valence-electron chi connectivity index (χ3n) is 4.69. The summed E-state index contributed by atoms with van der Waals surface area (Å²) in [4.78, 5) is 4.44. The van der Waals surface area contributed by atoms with Crippen molar-refractivity contribution in [3.8, 4) is 11.4 Å². The summed E-state index contributed by atoms with van der Waals surface area (Å²) in [6, 6.07) is 9.26. The molecule has 32 heavy (non-hydrogen) atoms. The topological polar surface area (TPSA) is 76.4 Å². The first-order valence-corrected chi connectivity index (χ1v) is 11.7. The highest BCUT2D eigenvalue weighted by Gasteiger charge is 2.35. The minimum atomic E-state index is -5.00. The van der Waals surface area contributed by atoms with Crippen molar-refractivity contribution in [1.29, 1.82) is 0 Å². The highest BCUT2D eigenvalue weighted by molar-refractivity contribution is 7.89. The van der Waals surface area contributed by atoms with E-state index in [1.165, 1.54) is 11.3 Å². The summed E-state index contributed by atoms with van der Waals surface area (Å²) in [6.07, 6.45) is -4.77. The number of halogens is 4. The molecule has 6 nitrogen and oxygen atoms in total. The number of nitrogens with one attached hydrogen (secondary N) is 1. The Morgan fingerprint density at radius 2 is 1.84 bits per heavy atom. The lowest BCUT2D eigenvalue weighted by atomic mass is 10.1. The van der Waals surface area contributed by atoms with E-state index in [4.69, 9.17) is 0 Å². The van der Waals surface area contributed by atoms with Crippen molar-refractivity contribution in [1.82, 2.24) is 19.3 Å². The highest BCUT2D eigenvalue weighted by atomic mass is 32.2. The van der Waals surface area contributed by atoms with Gasteiger partial charge >= 0.3 is 6.18 Å². The maximum atomic E-state index is 13.4. The molecule has 0 aliphatic rings. The van der Waals surface area contributed by atoms with Crippen LogP contribution in [0.4, 0.5) is 17.6 Å². The van der Waals surface area contributed by atoms with Crippen LogP contribution >= 0.6 is 11.3 Å². The summed E-state index contributed by atoms with van der Waals surface area (Å²) in [7, 11) is -4.27. The van der Waals surface area contributed by atoms with E-state index >= 15 is 0 Å². The number of hydrogen-bond donors (Lipinski definition) is 1. The number of sulfonamides is 1. The maximum absolute atomic E-state index is 13.4. The molecule has 0 spiro atoms. The number of benzene rings is 2. The quantitative estimate of drug-likeness (QED) is 0.411. The lowest BCUT2D eigenvalue weighted by Crippen LogP contribution is -2.26. The predicted octanol–water partition coefficient (Wildman–Crippen LogP) is 4.45. The second-order valence-corrected chi connectivity index (χ2v) is 9.61. The summed E-state index contributed by atoms with van der Waals surface area (Å²) in [5, 5.41) is 6.25. The second-order valence-electron chi connectivity index (χ2n) is 7.01. The van der Waals surface area contributed by atoms with E-state index in [9.17, 15) is 26.0 Å². The summed E-state index contributed by atoms with van der Waals surface area (Å²) in [5.74, 6) is -1.00. The van der Waals surface area contributed by atoms with Crippen LogP contribution < -0.4 is 4.72 Å². The fourth-order valence-electron chi connectivity index (χ4n) is 3.01. The zero-order valence-corrected chi connectivity index (χ0v) is 18.2. The average Bonchev–Trinajstić information content (AvgIpc) is 3.29. The van der Waals surface area contributed by atoms with Gasteiger partial charge in [-0.3, -0.25) is 0 Å². The van der Waals surface area contributed by atoms with E-state index in [1.807, 2.05) is 31.2 Å². The largest absolute Gasteiger partial charge is 0.419 e. The standard InChI is InChI=1S/C20H16F4N4O2S2/c1-12-2-4-13(5-3-12)18-26-19-28(27-18)14(11-31-19)8-9-25-32(29,30)15-6-7-17(21)16(10-15)20(22,23)24/h2-7,10-11,25H,8-9H2,1H3. The molecule has 2 aromatic carbocycles. The molecule has 0 aliphatic carbocycles. The Morgan fingerprint density at radius 3 is 2.53 bits per heavy atom. The number of thiazole rings is 1. The lowest BCUT2D eigenvalue weighted by molar-refractivity contribution is -0.140. The van der Waals surface area contributed by atoms with Gasteiger partial charge in [-0.15, -0.1) is 16.4 Å². The highest BCUT2D eigenvalue weighted by Crippen LogP contribution is 2.32. The van der Waals surface area contributed by atoms with Crippen LogP contribution in [0.5, 0.6) is 0 Å². The van der Waals surface area contributed by atoms with Gasteiger partial charge in [0, 0.05) is 23.9 Å². The first kappa shape index (κ1) is 22.4. The van der Waals surface area contributed by atoms with Gasteiger partial charge in [-0.25, -0.2) is 22.0 Å². The van der Waals surface area contributed by atoms with Crippen LogP contribution in [0.2, 0.25) is 0 Å². The van der Waals surface area contributed by atoms with E-state index in [0.29, 0.717) is 22.5 Å². The smallest absolute Gasteiger partial charge is 0.211 e. The molecule has 1 N–H and O–H groups in total. The monoisotopic (exact) mass is 484 g/mol. The minimum absolute atomic E-state index is 0.0907. The van der Waals surface area contributed by atoms with Crippen molar-refractivity contribution in [2.24, 2.45) is 0 Å². The average molecular weight is 485 g/mol. The van der Waals surface area contributed by atoms with Gasteiger partial charge < -0.3 is 0 Å². The Bertz CT molecular complexity index is 1380. The van der Waals surface area contributed by atoms with E-state index in [1.54, 1.807) is 9.90 Å². The number of fused-ring (bicyclic) bond motifs is 1. The first-order valence-electron chi connectivity index (χ1n) is 9.31. The summed E-state index contributed by atoms with van der Waals surface area (Å²) >= 11 is 1.34. The summed E-state index contributed by atoms with van der Waals surface area (Å²) in [5.41, 5.74) is 1.00. The van der Waals surface area contributed by atoms with Gasteiger partial charge in [0.05, 0.1) is 16.2 Å². The van der Waals surface area contributed by atoms with Crippen LogP contribution in [0.1, 0.15) is 16.8 Å². The van der Waals surface area contributed by atoms with E-state index in [0.717, 1.165) is 17.2 Å². The first-order chi connectivity index (χ1) is 15.0. The third kappa shape index (κ3) is 4.52. The zero-order valence-electron chi connectivity index (χ0n) is 16.5. The van der Waals surface area contributed by atoms with Crippen molar-refractivity contribution >= 4 is 26.3 Å². The molecule has 0 saturated carbocycles. The van der Waals surface area contributed by atoms with Gasteiger partial charge in [0.1, 0.15) is 5.82 Å². The molecule has 0 unspecified atom stereocenters. The van der Waals surface area contributed by atoms with Crippen LogP contribution in [-0.4, -0.2) is 29.6 Å². The molecule has 0 saturated heterocycles. The molecule has 0 bridgehead atoms. The Hall–Kier alpha value is -2.83. The molecule has 168 valence electrons. The second kappa shape index (κ2) is 8.26. The van der Waals surface area contributed by atoms with Crippen LogP contribution in [0.15, 0.2) is 52.7 Å². The SMILES string of the molecule is Cc1ccc(-c2nc3scc(CCNS(=O)(=O)c4ccc(F)c(C(F)(F)F)c4)n3n2)cc1. The Kier molecular flexibility index (Phi) is 5.77. The van der Waals surface area contributed by atoms with Crippen LogP contribution in [-0.2, 0) is 22.6 Å². The molecule has 12 heteroatoms. The van der Waals surface area contributed by atoms with Gasteiger partial charge in [0.15, 0.2) is 5.82 Å². The maximum Gasteiger partial charge on any atom is 0.419 e. The summed E-state index contributed by atoms with van der Waals surface area (Å²) < 4.78 is 80.7. The Morgan fingerprint density at radius 1 is 1.12 bits per heavy atom. The number of rotatable bonds is 6. The van der Waals surface area contributed by atoms with Gasteiger partial charge in [-0.05, 0) is 25.1 Å². The third-order valence-corrected chi connectivity index (χ3v) is 7.01. The van der Waals surface area contributed by atoms with Crippen molar-refractivity contribution in [3.05, 3.63) is 70.5 Å². The number of hydrogen-bond acceptors (Lipinski definition) is 5. The molecular formula is C20H16F4N4O2S2. The molecular weight excluding hydrogens is 468 g/mol. The van der Waals surface area contributed by atoms with Crippen LogP contribution in [0, 0.1) is 12.7 Å². The lowest BCUT2D eigenvalue weighted by Gasteiger charge is -2.11. The molecule has 0 amide bonds. The molecule has 2 aromatic heterocycles. The molecule has 4 rings (SSSR count).